The molecule has 0 saturated heterocycles. The largest absolute Gasteiger partial charge is 0.385 e. The molecule has 1 aromatic rings. The molecule has 0 aromatic heterocycles. The molecule has 0 unspecified atom stereocenters. The Labute approximate surface area is 116 Å². The van der Waals surface area contributed by atoms with Crippen LogP contribution in [0, 0.1) is 12.8 Å². The summed E-state index contributed by atoms with van der Waals surface area (Å²) >= 11 is 0. The Morgan fingerprint density at radius 3 is 2.42 bits per heavy atom. The quantitative estimate of drug-likeness (QED) is 0.808. The number of sulfonamides is 1. The molecule has 0 atom stereocenters. The van der Waals surface area contributed by atoms with E-state index in [1.807, 2.05) is 26.0 Å². The Balaban J connectivity index is 2.88. The highest BCUT2D eigenvalue weighted by Gasteiger charge is 2.12. The Hall–Kier alpha value is -1.23. The van der Waals surface area contributed by atoms with Gasteiger partial charge < -0.3 is 5.32 Å². The molecule has 0 radical (unpaired) electrons. The maximum Gasteiger partial charge on any atom is 0.232 e. The molecular formula is C14H24N2O2S. The first-order valence-corrected chi connectivity index (χ1v) is 8.35. The van der Waals surface area contributed by atoms with Crippen LogP contribution in [-0.2, 0) is 10.0 Å². The first-order valence-electron chi connectivity index (χ1n) is 6.69. The van der Waals surface area contributed by atoms with E-state index in [0.717, 1.165) is 17.8 Å². The Kier molecular flexibility index (Phi) is 5.66. The van der Waals surface area contributed by atoms with E-state index in [1.165, 1.54) is 0 Å². The number of benzene rings is 1. The summed E-state index contributed by atoms with van der Waals surface area (Å²) in [5.41, 5.74) is 2.57. The van der Waals surface area contributed by atoms with Crippen LogP contribution in [0.5, 0.6) is 0 Å². The van der Waals surface area contributed by atoms with E-state index in [4.69, 9.17) is 0 Å². The SMILES string of the molecule is CCCS(=O)(=O)Nc1cccc(NCC(C)C)c1C. The number of hydrogen-bond acceptors (Lipinski definition) is 3. The summed E-state index contributed by atoms with van der Waals surface area (Å²) in [7, 11) is -3.23. The number of hydrogen-bond donors (Lipinski definition) is 2. The minimum absolute atomic E-state index is 0.149. The summed E-state index contributed by atoms with van der Waals surface area (Å²) < 4.78 is 26.2. The molecule has 5 heteroatoms. The highest BCUT2D eigenvalue weighted by atomic mass is 32.2. The van der Waals surface area contributed by atoms with Crippen molar-refractivity contribution in [3.63, 3.8) is 0 Å². The fourth-order valence-electron chi connectivity index (χ4n) is 1.74. The minimum Gasteiger partial charge on any atom is -0.385 e. The Morgan fingerprint density at radius 2 is 1.84 bits per heavy atom. The minimum atomic E-state index is -3.23. The molecule has 0 spiro atoms. The lowest BCUT2D eigenvalue weighted by Crippen LogP contribution is -2.17. The van der Waals surface area contributed by atoms with Crippen LogP contribution < -0.4 is 10.0 Å². The molecule has 19 heavy (non-hydrogen) atoms. The fraction of sp³-hybridized carbons (Fsp3) is 0.571. The first-order chi connectivity index (χ1) is 8.85. The highest BCUT2D eigenvalue weighted by Crippen LogP contribution is 2.24. The van der Waals surface area contributed by atoms with E-state index < -0.39 is 10.0 Å². The molecule has 0 aliphatic rings. The lowest BCUT2D eigenvalue weighted by atomic mass is 10.1. The van der Waals surface area contributed by atoms with Crippen LogP contribution in [0.1, 0.15) is 32.8 Å². The van der Waals surface area contributed by atoms with Crippen molar-refractivity contribution in [3.05, 3.63) is 23.8 Å². The second-order valence-corrected chi connectivity index (χ2v) is 7.02. The highest BCUT2D eigenvalue weighted by molar-refractivity contribution is 7.92. The molecule has 0 amide bonds. The standard InChI is InChI=1S/C14H24N2O2S/c1-5-9-19(17,18)16-14-8-6-7-13(12(14)4)15-10-11(2)3/h6-8,11,15-16H,5,9-10H2,1-4H3. The van der Waals surface area contributed by atoms with Crippen LogP contribution in [-0.4, -0.2) is 20.7 Å². The average Bonchev–Trinajstić information content (AvgIpc) is 2.29. The van der Waals surface area contributed by atoms with Crippen LogP contribution >= 0.6 is 0 Å². The second kappa shape index (κ2) is 6.80. The summed E-state index contributed by atoms with van der Waals surface area (Å²) in [6, 6.07) is 5.62. The van der Waals surface area contributed by atoms with Crippen molar-refractivity contribution >= 4 is 21.4 Å². The molecule has 0 saturated carbocycles. The monoisotopic (exact) mass is 284 g/mol. The molecule has 1 rings (SSSR count). The van der Waals surface area contributed by atoms with Gasteiger partial charge >= 0.3 is 0 Å². The normalized spacial score (nSPS) is 11.6. The van der Waals surface area contributed by atoms with Gasteiger partial charge in [-0.1, -0.05) is 26.8 Å². The van der Waals surface area contributed by atoms with Crippen LogP contribution in [0.25, 0.3) is 0 Å². The predicted molar refractivity (Wildman–Crippen MR) is 82.2 cm³/mol. The van der Waals surface area contributed by atoms with Gasteiger partial charge in [0.25, 0.3) is 0 Å². The van der Waals surface area contributed by atoms with E-state index >= 15 is 0 Å². The van der Waals surface area contributed by atoms with Crippen molar-refractivity contribution in [3.8, 4) is 0 Å². The van der Waals surface area contributed by atoms with Gasteiger partial charge in [-0.15, -0.1) is 0 Å². The van der Waals surface area contributed by atoms with Gasteiger partial charge in [-0.05, 0) is 37.0 Å². The van der Waals surface area contributed by atoms with Crippen LogP contribution in [0.2, 0.25) is 0 Å². The topological polar surface area (TPSA) is 58.2 Å². The van der Waals surface area contributed by atoms with Crippen molar-refractivity contribution in [1.82, 2.24) is 0 Å². The number of rotatable bonds is 7. The zero-order valence-corrected chi connectivity index (χ0v) is 13.0. The van der Waals surface area contributed by atoms with Crippen molar-refractivity contribution in [2.45, 2.75) is 34.1 Å². The van der Waals surface area contributed by atoms with E-state index in [0.29, 0.717) is 18.0 Å². The van der Waals surface area contributed by atoms with Crippen molar-refractivity contribution in [2.24, 2.45) is 5.92 Å². The Bertz CT molecular complexity index is 510. The molecule has 108 valence electrons. The van der Waals surface area contributed by atoms with Gasteiger partial charge in [0.15, 0.2) is 0 Å². The van der Waals surface area contributed by atoms with E-state index in [2.05, 4.69) is 23.9 Å². The predicted octanol–water partition coefficient (Wildman–Crippen LogP) is 3.21. The van der Waals surface area contributed by atoms with Gasteiger partial charge in [0, 0.05) is 12.2 Å². The molecule has 2 N–H and O–H groups in total. The first kappa shape index (κ1) is 15.8. The van der Waals surface area contributed by atoms with Gasteiger partial charge in [0.05, 0.1) is 11.4 Å². The van der Waals surface area contributed by atoms with Gasteiger partial charge in [-0.25, -0.2) is 8.42 Å². The Morgan fingerprint density at radius 1 is 1.21 bits per heavy atom. The van der Waals surface area contributed by atoms with Gasteiger partial charge in [-0.3, -0.25) is 4.72 Å². The molecule has 0 fully saturated rings. The third-order valence-electron chi connectivity index (χ3n) is 2.77. The maximum atomic E-state index is 11.8. The lowest BCUT2D eigenvalue weighted by Gasteiger charge is -2.15. The fourth-order valence-corrected chi connectivity index (χ4v) is 2.93. The molecule has 4 nitrogen and oxygen atoms in total. The van der Waals surface area contributed by atoms with Crippen molar-refractivity contribution < 1.29 is 8.42 Å². The van der Waals surface area contributed by atoms with Crippen LogP contribution in [0.4, 0.5) is 11.4 Å². The van der Waals surface area contributed by atoms with E-state index in [-0.39, 0.29) is 5.75 Å². The second-order valence-electron chi connectivity index (χ2n) is 5.17. The third-order valence-corrected chi connectivity index (χ3v) is 4.25. The zero-order chi connectivity index (χ0) is 14.5. The zero-order valence-electron chi connectivity index (χ0n) is 12.2. The molecule has 0 bridgehead atoms. The molecule has 0 heterocycles. The molecule has 0 aliphatic carbocycles. The van der Waals surface area contributed by atoms with Crippen molar-refractivity contribution in [1.29, 1.82) is 0 Å². The maximum absolute atomic E-state index is 11.8. The van der Waals surface area contributed by atoms with Gasteiger partial charge in [0.1, 0.15) is 0 Å². The smallest absolute Gasteiger partial charge is 0.232 e. The summed E-state index contributed by atoms with van der Waals surface area (Å²) in [6.45, 7) is 8.91. The third kappa shape index (κ3) is 5.11. The van der Waals surface area contributed by atoms with Gasteiger partial charge in [0.2, 0.25) is 10.0 Å². The summed E-state index contributed by atoms with van der Waals surface area (Å²) in [5, 5.41) is 3.34. The number of anilines is 2. The summed E-state index contributed by atoms with van der Waals surface area (Å²) in [6.07, 6.45) is 0.611. The van der Waals surface area contributed by atoms with Gasteiger partial charge in [-0.2, -0.15) is 0 Å². The lowest BCUT2D eigenvalue weighted by molar-refractivity contribution is 0.600. The summed E-state index contributed by atoms with van der Waals surface area (Å²) in [4.78, 5) is 0. The molecule has 0 aliphatic heterocycles. The van der Waals surface area contributed by atoms with Crippen molar-refractivity contribution in [2.75, 3.05) is 22.3 Å². The molecular weight excluding hydrogens is 260 g/mol. The van der Waals surface area contributed by atoms with Crippen LogP contribution in [0.3, 0.4) is 0 Å². The summed E-state index contributed by atoms with van der Waals surface area (Å²) in [5.74, 6) is 0.690. The number of nitrogens with one attached hydrogen (secondary N) is 2. The molecule has 1 aromatic carbocycles. The average molecular weight is 284 g/mol. The van der Waals surface area contributed by atoms with Crippen LogP contribution in [0.15, 0.2) is 18.2 Å². The van der Waals surface area contributed by atoms with E-state index in [1.54, 1.807) is 6.07 Å². The van der Waals surface area contributed by atoms with E-state index in [9.17, 15) is 8.42 Å².